The fourth-order valence-corrected chi connectivity index (χ4v) is 6.32. The Kier molecular flexibility index (Phi) is 6.26. The molecule has 2 heterocycles. The van der Waals surface area contributed by atoms with Crippen molar-refractivity contribution in [3.8, 4) is 5.75 Å². The summed E-state index contributed by atoms with van der Waals surface area (Å²) in [6.07, 6.45) is 0. The Morgan fingerprint density at radius 3 is 2.55 bits per heavy atom. The van der Waals surface area contributed by atoms with Gasteiger partial charge in [0.25, 0.3) is 15.9 Å². The first kappa shape index (κ1) is 21.4. The van der Waals surface area contributed by atoms with E-state index in [9.17, 15) is 13.2 Å². The van der Waals surface area contributed by atoms with Crippen molar-refractivity contribution in [3.63, 3.8) is 0 Å². The molecular formula is C22H20N2O4S3. The first-order valence-corrected chi connectivity index (χ1v) is 12.6. The minimum atomic E-state index is -3.58. The highest BCUT2D eigenvalue weighted by Crippen LogP contribution is 2.27. The minimum Gasteiger partial charge on any atom is -0.484 e. The number of thiophene rings is 2. The number of nitrogens with one attached hydrogen (secondary N) is 1. The standard InChI is InChI=1S/C22H20N2O4S3/c1-24(31(26,27)22-7-4-12-29-22)17-8-10-18(11-9-17)28-14-21(25)23-13-16-15-30-20-6-3-2-5-19(16)20/h2-12,15H,13-14H2,1H3,(H,23,25). The van der Waals surface area contributed by atoms with E-state index in [0.29, 0.717) is 18.0 Å². The zero-order valence-corrected chi connectivity index (χ0v) is 19.1. The maximum absolute atomic E-state index is 12.6. The van der Waals surface area contributed by atoms with Gasteiger partial charge in [-0.1, -0.05) is 24.3 Å². The van der Waals surface area contributed by atoms with Crippen LogP contribution < -0.4 is 14.4 Å². The zero-order chi connectivity index (χ0) is 21.8. The number of carbonyl (C=O) groups is 1. The highest BCUT2D eigenvalue weighted by atomic mass is 32.2. The molecule has 0 aliphatic heterocycles. The number of sulfonamides is 1. The molecule has 0 bridgehead atoms. The van der Waals surface area contributed by atoms with Crippen LogP contribution in [-0.2, 0) is 21.4 Å². The van der Waals surface area contributed by atoms with Crippen LogP contribution in [0.15, 0.2) is 75.6 Å². The van der Waals surface area contributed by atoms with Crippen molar-refractivity contribution in [3.05, 3.63) is 77.0 Å². The summed E-state index contributed by atoms with van der Waals surface area (Å²) in [5.41, 5.74) is 1.59. The quantitative estimate of drug-likeness (QED) is 0.410. The number of ether oxygens (including phenoxy) is 1. The number of amides is 1. The third-order valence-corrected chi connectivity index (χ3v) is 8.89. The number of rotatable bonds is 8. The number of fused-ring (bicyclic) bond motifs is 1. The van der Waals surface area contributed by atoms with E-state index in [-0.39, 0.29) is 16.7 Å². The lowest BCUT2D eigenvalue weighted by atomic mass is 10.2. The lowest BCUT2D eigenvalue weighted by Gasteiger charge is -2.18. The van der Waals surface area contributed by atoms with Gasteiger partial charge in [-0.25, -0.2) is 8.42 Å². The van der Waals surface area contributed by atoms with E-state index in [1.165, 1.54) is 27.4 Å². The molecule has 9 heteroatoms. The molecule has 0 spiro atoms. The van der Waals surface area contributed by atoms with Crippen molar-refractivity contribution in [2.75, 3.05) is 18.0 Å². The van der Waals surface area contributed by atoms with Crippen LogP contribution in [0, 0.1) is 0 Å². The fraction of sp³-hybridized carbons (Fsp3) is 0.136. The van der Waals surface area contributed by atoms with Gasteiger partial charge in [0.15, 0.2) is 6.61 Å². The van der Waals surface area contributed by atoms with Crippen LogP contribution in [0.2, 0.25) is 0 Å². The molecule has 1 amide bonds. The summed E-state index contributed by atoms with van der Waals surface area (Å²) in [6, 6.07) is 17.9. The summed E-state index contributed by atoms with van der Waals surface area (Å²) >= 11 is 2.82. The van der Waals surface area contributed by atoms with E-state index in [1.807, 2.05) is 23.6 Å². The van der Waals surface area contributed by atoms with Crippen molar-refractivity contribution in [1.29, 1.82) is 0 Å². The summed E-state index contributed by atoms with van der Waals surface area (Å²) < 4.78 is 33.4. The summed E-state index contributed by atoms with van der Waals surface area (Å²) in [6.45, 7) is 0.321. The van der Waals surface area contributed by atoms with Gasteiger partial charge >= 0.3 is 0 Å². The summed E-state index contributed by atoms with van der Waals surface area (Å²) in [5.74, 6) is 0.263. The third kappa shape index (κ3) is 4.73. The minimum absolute atomic E-state index is 0.120. The number of nitrogens with zero attached hydrogens (tertiary/aromatic N) is 1. The highest BCUT2D eigenvalue weighted by Gasteiger charge is 2.22. The summed E-state index contributed by atoms with van der Waals surface area (Å²) in [7, 11) is -2.08. The molecule has 0 saturated heterocycles. The van der Waals surface area contributed by atoms with Crippen LogP contribution in [0.4, 0.5) is 5.69 Å². The van der Waals surface area contributed by atoms with Gasteiger partial charge in [-0.05, 0) is 58.1 Å². The number of hydrogen-bond donors (Lipinski definition) is 1. The van der Waals surface area contributed by atoms with E-state index in [2.05, 4.69) is 11.4 Å². The van der Waals surface area contributed by atoms with Crippen LogP contribution in [0.1, 0.15) is 5.56 Å². The van der Waals surface area contributed by atoms with Crippen molar-refractivity contribution in [2.45, 2.75) is 10.8 Å². The molecule has 6 nitrogen and oxygen atoms in total. The molecule has 0 radical (unpaired) electrons. The first-order chi connectivity index (χ1) is 14.9. The van der Waals surface area contributed by atoms with E-state index in [1.54, 1.807) is 53.1 Å². The second kappa shape index (κ2) is 9.09. The summed E-state index contributed by atoms with van der Waals surface area (Å²) in [4.78, 5) is 12.2. The van der Waals surface area contributed by atoms with Gasteiger partial charge in [0.2, 0.25) is 0 Å². The topological polar surface area (TPSA) is 75.7 Å². The van der Waals surface area contributed by atoms with Crippen LogP contribution in [0.25, 0.3) is 10.1 Å². The van der Waals surface area contributed by atoms with Gasteiger partial charge in [-0.2, -0.15) is 0 Å². The molecule has 0 aliphatic carbocycles. The Labute approximate surface area is 188 Å². The Hall–Kier alpha value is -2.88. The SMILES string of the molecule is CN(c1ccc(OCC(=O)NCc2csc3ccccc23)cc1)S(=O)(=O)c1cccs1. The zero-order valence-electron chi connectivity index (χ0n) is 16.6. The number of anilines is 1. The normalized spacial score (nSPS) is 11.4. The van der Waals surface area contributed by atoms with Gasteiger partial charge in [-0.15, -0.1) is 22.7 Å². The molecular weight excluding hydrogens is 452 g/mol. The highest BCUT2D eigenvalue weighted by molar-refractivity contribution is 7.94. The van der Waals surface area contributed by atoms with Crippen molar-refractivity contribution >= 4 is 54.4 Å². The predicted octanol–water partition coefficient (Wildman–Crippen LogP) is 4.48. The van der Waals surface area contributed by atoms with Gasteiger partial charge < -0.3 is 10.1 Å². The largest absolute Gasteiger partial charge is 0.484 e. The monoisotopic (exact) mass is 472 g/mol. The van der Waals surface area contributed by atoms with Crippen LogP contribution in [0.3, 0.4) is 0 Å². The average Bonchev–Trinajstić information content (AvgIpc) is 3.47. The first-order valence-electron chi connectivity index (χ1n) is 9.42. The van der Waals surface area contributed by atoms with Gasteiger partial charge in [0.05, 0.1) is 5.69 Å². The second-order valence-corrected chi connectivity index (χ2v) is 10.8. The molecule has 31 heavy (non-hydrogen) atoms. The molecule has 2 aromatic carbocycles. The summed E-state index contributed by atoms with van der Waals surface area (Å²) in [5, 5.41) is 7.79. The van der Waals surface area contributed by atoms with E-state index < -0.39 is 10.0 Å². The maximum Gasteiger partial charge on any atom is 0.273 e. The lowest BCUT2D eigenvalue weighted by molar-refractivity contribution is -0.123. The second-order valence-electron chi connectivity index (χ2n) is 6.72. The fourth-order valence-electron chi connectivity index (χ4n) is 3.00. The van der Waals surface area contributed by atoms with Crippen LogP contribution in [0.5, 0.6) is 5.75 Å². The molecule has 0 atom stereocenters. The van der Waals surface area contributed by atoms with Gasteiger partial charge in [-0.3, -0.25) is 9.10 Å². The molecule has 1 N–H and O–H groups in total. The predicted molar refractivity (Wildman–Crippen MR) is 126 cm³/mol. The molecule has 4 aromatic rings. The van der Waals surface area contributed by atoms with Crippen LogP contribution in [-0.4, -0.2) is 28.0 Å². The molecule has 0 unspecified atom stereocenters. The Morgan fingerprint density at radius 2 is 1.81 bits per heavy atom. The van der Waals surface area contributed by atoms with E-state index in [0.717, 1.165) is 10.9 Å². The van der Waals surface area contributed by atoms with Crippen molar-refractivity contribution < 1.29 is 17.9 Å². The van der Waals surface area contributed by atoms with Gasteiger partial charge in [0, 0.05) is 18.3 Å². The third-order valence-electron chi connectivity index (χ3n) is 4.72. The Balaban J connectivity index is 1.31. The maximum atomic E-state index is 12.6. The smallest absolute Gasteiger partial charge is 0.273 e. The number of hydrogen-bond acceptors (Lipinski definition) is 6. The number of carbonyl (C=O) groups excluding carboxylic acids is 1. The Bertz CT molecular complexity index is 1280. The molecule has 0 saturated carbocycles. The van der Waals surface area contributed by atoms with E-state index >= 15 is 0 Å². The van der Waals surface area contributed by atoms with Gasteiger partial charge in [0.1, 0.15) is 9.96 Å². The van der Waals surface area contributed by atoms with Crippen molar-refractivity contribution in [1.82, 2.24) is 5.32 Å². The average molecular weight is 473 g/mol. The van der Waals surface area contributed by atoms with Crippen LogP contribution >= 0.6 is 22.7 Å². The number of benzene rings is 2. The molecule has 160 valence electrons. The molecule has 0 aliphatic rings. The van der Waals surface area contributed by atoms with Crippen molar-refractivity contribution in [2.24, 2.45) is 0 Å². The molecule has 0 fully saturated rings. The lowest BCUT2D eigenvalue weighted by Crippen LogP contribution is -2.28. The Morgan fingerprint density at radius 1 is 1.03 bits per heavy atom. The molecule has 4 rings (SSSR count). The van der Waals surface area contributed by atoms with E-state index in [4.69, 9.17) is 4.74 Å². The molecule has 2 aromatic heterocycles.